The van der Waals surface area contributed by atoms with E-state index in [1.807, 2.05) is 30.1 Å². The highest BCUT2D eigenvalue weighted by atomic mass is 127. The third-order valence-corrected chi connectivity index (χ3v) is 6.50. The van der Waals surface area contributed by atoms with E-state index in [0.717, 1.165) is 62.0 Å². The number of likely N-dealkylation sites (tertiary alicyclic amines) is 1. The zero-order valence-electron chi connectivity index (χ0n) is 16.8. The van der Waals surface area contributed by atoms with Gasteiger partial charge >= 0.3 is 6.03 Å². The second-order valence-electron chi connectivity index (χ2n) is 7.07. The maximum Gasteiger partial charge on any atom is 0.321 e. The highest BCUT2D eigenvalue weighted by Gasteiger charge is 2.21. The van der Waals surface area contributed by atoms with Crippen molar-refractivity contribution >= 4 is 53.4 Å². The molecule has 8 heteroatoms. The molecule has 1 atom stereocenters. The summed E-state index contributed by atoms with van der Waals surface area (Å²) < 4.78 is 0. The Balaban J connectivity index is 0.00000280. The number of thioether (sulfide) groups is 1. The summed E-state index contributed by atoms with van der Waals surface area (Å²) >= 11 is 2.06. The summed E-state index contributed by atoms with van der Waals surface area (Å²) in [4.78, 5) is 21.0. The molecular weight excluding hydrogens is 485 g/mol. The number of hydrogen-bond donors (Lipinski definition) is 2. The third-order valence-electron chi connectivity index (χ3n) is 5.13. The summed E-state index contributed by atoms with van der Waals surface area (Å²) in [6.07, 6.45) is 3.39. The van der Waals surface area contributed by atoms with E-state index in [-0.39, 0.29) is 30.0 Å². The minimum absolute atomic E-state index is 0. The number of urea groups is 1. The van der Waals surface area contributed by atoms with Crippen molar-refractivity contribution in [3.63, 3.8) is 0 Å². The monoisotopic (exact) mass is 517 g/mol. The second kappa shape index (κ2) is 11.7. The standard InChI is InChI=1S/C20H31N5OS.HI/c1-3-18-15-25(11-12-27-18)19(21-2)22-14-16-7-6-8-17(13-16)23-20(26)24-9-4-5-10-24;/h6-8,13,18H,3-5,9-12,14-15H2,1-2H3,(H,21,22)(H,23,26);1H. The molecule has 2 aliphatic rings. The van der Waals surface area contributed by atoms with Crippen molar-refractivity contribution in [2.45, 2.75) is 38.0 Å². The van der Waals surface area contributed by atoms with Gasteiger partial charge in [0.15, 0.2) is 5.96 Å². The molecule has 6 nitrogen and oxygen atoms in total. The summed E-state index contributed by atoms with van der Waals surface area (Å²) in [6.45, 7) is 6.74. The third kappa shape index (κ3) is 6.43. The van der Waals surface area contributed by atoms with E-state index in [0.29, 0.717) is 11.8 Å². The quantitative estimate of drug-likeness (QED) is 0.362. The number of rotatable bonds is 4. The average Bonchev–Trinajstić information content (AvgIpc) is 3.24. The summed E-state index contributed by atoms with van der Waals surface area (Å²) in [6, 6.07) is 8.05. The van der Waals surface area contributed by atoms with Gasteiger partial charge in [-0.2, -0.15) is 11.8 Å². The fourth-order valence-corrected chi connectivity index (χ4v) is 4.73. The first kappa shape index (κ1) is 23.1. The Kier molecular flexibility index (Phi) is 9.70. The predicted octanol–water partition coefficient (Wildman–Crippen LogP) is 3.84. The van der Waals surface area contributed by atoms with Crippen molar-refractivity contribution < 1.29 is 4.79 Å². The molecule has 2 aliphatic heterocycles. The molecule has 0 saturated carbocycles. The molecule has 0 bridgehead atoms. The molecule has 2 fully saturated rings. The summed E-state index contributed by atoms with van der Waals surface area (Å²) in [5.41, 5.74) is 1.98. The Labute approximate surface area is 189 Å². The lowest BCUT2D eigenvalue weighted by molar-refractivity contribution is 0.222. The molecule has 0 aliphatic carbocycles. The Morgan fingerprint density at radius 3 is 2.75 bits per heavy atom. The van der Waals surface area contributed by atoms with Crippen LogP contribution in [0.15, 0.2) is 29.3 Å². The Bertz CT molecular complexity index is 666. The van der Waals surface area contributed by atoms with Gasteiger partial charge in [0.25, 0.3) is 0 Å². The van der Waals surface area contributed by atoms with Crippen molar-refractivity contribution in [3.8, 4) is 0 Å². The molecule has 2 heterocycles. The van der Waals surface area contributed by atoms with Crippen LogP contribution in [0.5, 0.6) is 0 Å². The number of carbonyl (C=O) groups is 1. The number of hydrogen-bond acceptors (Lipinski definition) is 3. The van der Waals surface area contributed by atoms with Gasteiger partial charge in [0.1, 0.15) is 0 Å². The molecular formula is C20H32IN5OS. The van der Waals surface area contributed by atoms with E-state index in [2.05, 4.69) is 45.3 Å². The maximum atomic E-state index is 12.3. The number of nitrogens with one attached hydrogen (secondary N) is 2. The van der Waals surface area contributed by atoms with Gasteiger partial charge in [-0.25, -0.2) is 4.79 Å². The molecule has 1 unspecified atom stereocenters. The SMILES string of the molecule is CCC1CN(C(=NC)NCc2cccc(NC(=O)N3CCCC3)c2)CCS1.I. The van der Waals surface area contributed by atoms with Gasteiger partial charge < -0.3 is 20.4 Å². The first-order valence-corrected chi connectivity index (χ1v) is 11.0. The molecule has 0 aromatic heterocycles. The largest absolute Gasteiger partial charge is 0.352 e. The van der Waals surface area contributed by atoms with Crippen molar-refractivity contribution in [1.29, 1.82) is 0 Å². The fraction of sp³-hybridized carbons (Fsp3) is 0.600. The normalized spacial score (nSPS) is 19.9. The Morgan fingerprint density at radius 1 is 1.25 bits per heavy atom. The van der Waals surface area contributed by atoms with Crippen LogP contribution < -0.4 is 10.6 Å². The second-order valence-corrected chi connectivity index (χ2v) is 8.48. The van der Waals surface area contributed by atoms with Crippen molar-refractivity contribution in [2.24, 2.45) is 4.99 Å². The molecule has 0 spiro atoms. The molecule has 1 aromatic carbocycles. The number of carbonyl (C=O) groups excluding carboxylic acids is 1. The van der Waals surface area contributed by atoms with Crippen LogP contribution in [0, 0.1) is 0 Å². The van der Waals surface area contributed by atoms with Crippen LogP contribution in [-0.4, -0.2) is 66.0 Å². The number of amides is 2. The lowest BCUT2D eigenvalue weighted by Crippen LogP contribution is -2.47. The molecule has 2 N–H and O–H groups in total. The van der Waals surface area contributed by atoms with Gasteiger partial charge in [-0.1, -0.05) is 19.1 Å². The predicted molar refractivity (Wildman–Crippen MR) is 130 cm³/mol. The minimum Gasteiger partial charge on any atom is -0.352 e. The Hall–Kier alpha value is -1.16. The minimum atomic E-state index is 0. The highest BCUT2D eigenvalue weighted by Crippen LogP contribution is 2.21. The first-order chi connectivity index (χ1) is 13.2. The van der Waals surface area contributed by atoms with Crippen LogP contribution >= 0.6 is 35.7 Å². The summed E-state index contributed by atoms with van der Waals surface area (Å²) in [5.74, 6) is 2.11. The number of benzene rings is 1. The van der Waals surface area contributed by atoms with E-state index in [1.54, 1.807) is 0 Å². The van der Waals surface area contributed by atoms with Crippen LogP contribution in [-0.2, 0) is 6.54 Å². The molecule has 2 amide bonds. The van der Waals surface area contributed by atoms with Crippen LogP contribution in [0.4, 0.5) is 10.5 Å². The molecule has 156 valence electrons. The van der Waals surface area contributed by atoms with E-state index in [9.17, 15) is 4.79 Å². The first-order valence-electron chi connectivity index (χ1n) is 9.91. The maximum absolute atomic E-state index is 12.3. The van der Waals surface area contributed by atoms with Gasteiger partial charge in [-0.3, -0.25) is 4.99 Å². The molecule has 0 radical (unpaired) electrons. The molecule has 1 aromatic rings. The smallest absolute Gasteiger partial charge is 0.321 e. The van der Waals surface area contributed by atoms with Crippen LogP contribution in [0.25, 0.3) is 0 Å². The van der Waals surface area contributed by atoms with Crippen LogP contribution in [0.2, 0.25) is 0 Å². The zero-order valence-corrected chi connectivity index (χ0v) is 20.0. The number of guanidine groups is 1. The van der Waals surface area contributed by atoms with E-state index >= 15 is 0 Å². The van der Waals surface area contributed by atoms with E-state index in [1.165, 1.54) is 6.42 Å². The number of halogens is 1. The van der Waals surface area contributed by atoms with Gasteiger partial charge in [0.05, 0.1) is 0 Å². The average molecular weight is 517 g/mol. The van der Waals surface area contributed by atoms with Crippen molar-refractivity contribution in [1.82, 2.24) is 15.1 Å². The molecule has 2 saturated heterocycles. The van der Waals surface area contributed by atoms with E-state index in [4.69, 9.17) is 0 Å². The van der Waals surface area contributed by atoms with Crippen molar-refractivity contribution in [3.05, 3.63) is 29.8 Å². The van der Waals surface area contributed by atoms with Crippen LogP contribution in [0.3, 0.4) is 0 Å². The van der Waals surface area contributed by atoms with Crippen LogP contribution in [0.1, 0.15) is 31.7 Å². The number of nitrogens with zero attached hydrogens (tertiary/aromatic N) is 3. The van der Waals surface area contributed by atoms with Gasteiger partial charge in [-0.15, -0.1) is 24.0 Å². The fourth-order valence-electron chi connectivity index (χ4n) is 3.55. The summed E-state index contributed by atoms with van der Waals surface area (Å²) in [7, 11) is 1.84. The number of anilines is 1. The van der Waals surface area contributed by atoms with E-state index < -0.39 is 0 Å². The van der Waals surface area contributed by atoms with Gasteiger partial charge in [-0.05, 0) is 37.0 Å². The topological polar surface area (TPSA) is 60.0 Å². The zero-order chi connectivity index (χ0) is 19.1. The lowest BCUT2D eigenvalue weighted by atomic mass is 10.2. The molecule has 3 rings (SSSR count). The lowest BCUT2D eigenvalue weighted by Gasteiger charge is -2.34. The summed E-state index contributed by atoms with van der Waals surface area (Å²) in [5, 5.41) is 7.18. The molecule has 28 heavy (non-hydrogen) atoms. The Morgan fingerprint density at radius 2 is 2.04 bits per heavy atom. The van der Waals surface area contributed by atoms with Crippen molar-refractivity contribution in [2.75, 3.05) is 44.3 Å². The number of aliphatic imine (C=N–C) groups is 1. The van der Waals surface area contributed by atoms with Gasteiger partial charge in [0.2, 0.25) is 0 Å². The highest BCUT2D eigenvalue weighted by molar-refractivity contribution is 14.0. The van der Waals surface area contributed by atoms with Gasteiger partial charge in [0, 0.05) is 56.5 Å².